The Hall–Kier alpha value is -1.87. The van der Waals surface area contributed by atoms with E-state index in [0.717, 1.165) is 5.76 Å². The fourth-order valence-corrected chi connectivity index (χ4v) is 6.13. The van der Waals surface area contributed by atoms with Crippen LogP contribution >= 0.6 is 11.3 Å². The van der Waals surface area contributed by atoms with Crippen molar-refractivity contribution in [2.24, 2.45) is 7.05 Å². The van der Waals surface area contributed by atoms with Crippen LogP contribution in [0.2, 0.25) is 0 Å². The molecule has 1 aliphatic heterocycles. The quantitative estimate of drug-likeness (QED) is 0.488. The number of allylic oxidation sites excluding steroid dienone is 2. The van der Waals surface area contributed by atoms with Gasteiger partial charge in [-0.25, -0.2) is 0 Å². The van der Waals surface area contributed by atoms with E-state index < -0.39 is 0 Å². The number of methoxy groups -OCH3 is 1. The maximum absolute atomic E-state index is 5.60. The summed E-state index contributed by atoms with van der Waals surface area (Å²) < 4.78 is 11.9. The first-order valence-corrected chi connectivity index (χ1v) is 9.91. The summed E-state index contributed by atoms with van der Waals surface area (Å²) in [5.41, 5.74) is 2.51. The Labute approximate surface area is 145 Å². The van der Waals surface area contributed by atoms with Crippen LogP contribution in [0.1, 0.15) is 10.6 Å². The van der Waals surface area contributed by atoms with Crippen molar-refractivity contribution in [2.45, 2.75) is 0 Å². The monoisotopic (exact) mass is 386 g/mol. The molecule has 0 aliphatic carbocycles. The zero-order valence-corrected chi connectivity index (χ0v) is 15.5. The standard InChI is InChI=1S/C19H16NOSSe/c1-20-15-8-4-5-9-17(15)22-19(20)12-13-11-16(21-2)14-7-3-6-10-18(14)23-13/h3-12H,1-2H3/q+1/b13-12+. The molecule has 3 aromatic rings. The van der Waals surface area contributed by atoms with Crippen molar-refractivity contribution in [1.29, 1.82) is 0 Å². The van der Waals surface area contributed by atoms with Gasteiger partial charge in [0, 0.05) is 0 Å². The number of ether oxygens (including phenoxy) is 1. The molecule has 0 radical (unpaired) electrons. The van der Waals surface area contributed by atoms with E-state index in [1.165, 1.54) is 29.7 Å². The van der Waals surface area contributed by atoms with Crippen LogP contribution in [-0.2, 0) is 11.8 Å². The molecule has 0 fully saturated rings. The molecule has 0 unspecified atom stereocenters. The van der Waals surface area contributed by atoms with Crippen molar-refractivity contribution >= 4 is 52.8 Å². The third-order valence-electron chi connectivity index (χ3n) is 3.91. The van der Waals surface area contributed by atoms with E-state index in [1.807, 2.05) is 11.3 Å². The van der Waals surface area contributed by atoms with Crippen molar-refractivity contribution in [3.05, 3.63) is 69.6 Å². The average molecular weight is 385 g/mol. The summed E-state index contributed by atoms with van der Waals surface area (Å²) in [7, 11) is 3.88. The Morgan fingerprint density at radius 1 is 1.09 bits per heavy atom. The first-order valence-electron chi connectivity index (χ1n) is 7.38. The van der Waals surface area contributed by atoms with Crippen LogP contribution in [0.5, 0.6) is 0 Å². The van der Waals surface area contributed by atoms with Crippen LogP contribution in [0.3, 0.4) is 0 Å². The zero-order chi connectivity index (χ0) is 15.8. The Morgan fingerprint density at radius 3 is 2.70 bits per heavy atom. The van der Waals surface area contributed by atoms with Gasteiger partial charge in [0.2, 0.25) is 0 Å². The summed E-state index contributed by atoms with van der Waals surface area (Å²) in [5.74, 6) is 0.962. The number of hydrogen-bond acceptors (Lipinski definition) is 2. The molecule has 2 heterocycles. The Bertz CT molecular complexity index is 955. The van der Waals surface area contributed by atoms with Crippen molar-refractivity contribution < 1.29 is 9.30 Å². The predicted octanol–water partition coefficient (Wildman–Crippen LogP) is 3.10. The van der Waals surface area contributed by atoms with Crippen molar-refractivity contribution in [2.75, 3.05) is 7.11 Å². The number of aromatic nitrogens is 1. The molecule has 0 atom stereocenters. The maximum atomic E-state index is 5.60. The fraction of sp³-hybridized carbons (Fsp3) is 0.105. The topological polar surface area (TPSA) is 13.1 Å². The Balaban J connectivity index is 1.81. The van der Waals surface area contributed by atoms with E-state index in [0.29, 0.717) is 15.0 Å². The Kier molecular flexibility index (Phi) is 3.82. The fourth-order valence-electron chi connectivity index (χ4n) is 2.73. The molecule has 0 N–H and O–H groups in total. The van der Waals surface area contributed by atoms with Crippen LogP contribution in [0.25, 0.3) is 22.1 Å². The third-order valence-corrected chi connectivity index (χ3v) is 7.27. The van der Waals surface area contributed by atoms with Gasteiger partial charge < -0.3 is 0 Å². The molecule has 114 valence electrons. The van der Waals surface area contributed by atoms with Gasteiger partial charge in [-0.3, -0.25) is 0 Å². The van der Waals surface area contributed by atoms with Gasteiger partial charge in [-0.1, -0.05) is 0 Å². The van der Waals surface area contributed by atoms with Gasteiger partial charge in [-0.2, -0.15) is 0 Å². The first-order chi connectivity index (χ1) is 11.3. The van der Waals surface area contributed by atoms with Gasteiger partial charge in [-0.05, 0) is 0 Å². The van der Waals surface area contributed by atoms with E-state index in [4.69, 9.17) is 4.74 Å². The first kappa shape index (κ1) is 14.7. The van der Waals surface area contributed by atoms with Gasteiger partial charge in [-0.15, -0.1) is 0 Å². The molecule has 0 bridgehead atoms. The number of rotatable bonds is 2. The van der Waals surface area contributed by atoms with Crippen molar-refractivity contribution in [3.8, 4) is 0 Å². The molecule has 0 amide bonds. The molecular weight excluding hydrogens is 369 g/mol. The number of para-hydroxylation sites is 1. The van der Waals surface area contributed by atoms with Gasteiger partial charge in [0.25, 0.3) is 0 Å². The van der Waals surface area contributed by atoms with E-state index >= 15 is 0 Å². The second-order valence-corrected chi connectivity index (χ2v) is 8.73. The zero-order valence-electron chi connectivity index (χ0n) is 12.9. The van der Waals surface area contributed by atoms with Crippen LogP contribution in [0, 0.1) is 0 Å². The van der Waals surface area contributed by atoms with Crippen LogP contribution < -0.4 is 9.03 Å². The van der Waals surface area contributed by atoms with E-state index in [2.05, 4.69) is 72.3 Å². The molecule has 4 rings (SSSR count). The van der Waals surface area contributed by atoms with E-state index in [9.17, 15) is 0 Å². The molecular formula is C19H16NOSSe+. The van der Waals surface area contributed by atoms with Gasteiger partial charge >= 0.3 is 146 Å². The molecule has 1 aromatic heterocycles. The molecule has 1 aliphatic rings. The molecule has 0 saturated carbocycles. The number of hydrogen-bond donors (Lipinski definition) is 0. The summed E-state index contributed by atoms with van der Waals surface area (Å²) in [4.78, 5) is 0. The summed E-state index contributed by atoms with van der Waals surface area (Å²) in [6.45, 7) is 0. The van der Waals surface area contributed by atoms with Gasteiger partial charge in [0.05, 0.1) is 0 Å². The van der Waals surface area contributed by atoms with Gasteiger partial charge in [0.15, 0.2) is 0 Å². The number of fused-ring (bicyclic) bond motifs is 2. The van der Waals surface area contributed by atoms with E-state index in [-0.39, 0.29) is 0 Å². The molecule has 23 heavy (non-hydrogen) atoms. The summed E-state index contributed by atoms with van der Waals surface area (Å²) in [6, 6.07) is 17.1. The third kappa shape index (κ3) is 2.63. The molecule has 0 saturated heterocycles. The van der Waals surface area contributed by atoms with Gasteiger partial charge in [0.1, 0.15) is 0 Å². The number of benzene rings is 2. The minimum absolute atomic E-state index is 0.307. The molecule has 2 nitrogen and oxygen atoms in total. The molecule has 4 heteroatoms. The van der Waals surface area contributed by atoms with E-state index in [1.54, 1.807) is 7.11 Å². The Morgan fingerprint density at radius 2 is 1.87 bits per heavy atom. The predicted molar refractivity (Wildman–Crippen MR) is 97.8 cm³/mol. The number of nitrogens with zero attached hydrogens (tertiary/aromatic N) is 1. The molecule has 0 spiro atoms. The summed E-state index contributed by atoms with van der Waals surface area (Å²) >= 11 is 2.14. The SMILES string of the molecule is COC1=C/C(=C\c2sc3ccccc3[n+]2C)[Se]c2ccccc21. The normalized spacial score (nSPS) is 15.6. The average Bonchev–Trinajstić information content (AvgIpc) is 2.90. The van der Waals surface area contributed by atoms with Crippen molar-refractivity contribution in [3.63, 3.8) is 0 Å². The van der Waals surface area contributed by atoms with Crippen LogP contribution in [-0.4, -0.2) is 22.1 Å². The second kappa shape index (κ2) is 5.97. The van der Waals surface area contributed by atoms with Crippen molar-refractivity contribution in [1.82, 2.24) is 0 Å². The number of thiazole rings is 1. The second-order valence-electron chi connectivity index (χ2n) is 5.32. The molecule has 2 aromatic carbocycles. The summed E-state index contributed by atoms with van der Waals surface area (Å²) in [5, 5.41) is 1.27. The van der Waals surface area contributed by atoms with Crippen LogP contribution in [0.4, 0.5) is 0 Å². The number of aryl methyl sites for hydroxylation is 1. The summed E-state index contributed by atoms with van der Waals surface area (Å²) in [6.07, 6.45) is 4.49. The van der Waals surface area contributed by atoms with Crippen LogP contribution in [0.15, 0.2) is 59.1 Å². The minimum atomic E-state index is 0.307.